The number of hydrogen-bond donors (Lipinski definition) is 3. The Morgan fingerprint density at radius 3 is 2.74 bits per heavy atom. The summed E-state index contributed by atoms with van der Waals surface area (Å²) in [6.07, 6.45) is 1.58. The first-order valence-corrected chi connectivity index (χ1v) is 10.7. The van der Waals surface area contributed by atoms with Crippen LogP contribution in [0.1, 0.15) is 23.1 Å². The summed E-state index contributed by atoms with van der Waals surface area (Å²) in [5, 5.41) is 25.3. The number of nitrogens with one attached hydrogen (secondary N) is 2. The minimum Gasteiger partial charge on any atom is -0.548 e. The topological polar surface area (TPSA) is 145 Å². The van der Waals surface area contributed by atoms with Gasteiger partial charge in [0.2, 0.25) is 5.91 Å². The van der Waals surface area contributed by atoms with Crippen molar-refractivity contribution in [1.82, 2.24) is 10.3 Å². The van der Waals surface area contributed by atoms with E-state index in [1.165, 1.54) is 19.2 Å². The maximum Gasteiger partial charge on any atom is 0.339 e. The Kier molecular flexibility index (Phi) is 6.27. The first kappa shape index (κ1) is 22.9. The van der Waals surface area contributed by atoms with Crippen molar-refractivity contribution in [3.05, 3.63) is 69.7 Å². The van der Waals surface area contributed by atoms with Crippen molar-refractivity contribution in [2.45, 2.75) is 32.2 Å². The molecular formula is C25H23N2O7-. The van der Waals surface area contributed by atoms with Gasteiger partial charge in [-0.15, -0.1) is 0 Å². The molecule has 0 saturated heterocycles. The van der Waals surface area contributed by atoms with Gasteiger partial charge in [0, 0.05) is 47.0 Å². The zero-order valence-electron chi connectivity index (χ0n) is 18.6. The van der Waals surface area contributed by atoms with E-state index in [4.69, 9.17) is 9.15 Å². The van der Waals surface area contributed by atoms with Gasteiger partial charge in [0.05, 0.1) is 19.1 Å². The Labute approximate surface area is 194 Å². The van der Waals surface area contributed by atoms with E-state index in [0.29, 0.717) is 33.4 Å². The zero-order valence-corrected chi connectivity index (χ0v) is 18.6. The number of aromatic amines is 1. The van der Waals surface area contributed by atoms with Crippen LogP contribution in [0.2, 0.25) is 0 Å². The molecule has 0 unspecified atom stereocenters. The second-order valence-corrected chi connectivity index (χ2v) is 8.04. The van der Waals surface area contributed by atoms with Gasteiger partial charge < -0.3 is 34.5 Å². The molecule has 2 aromatic heterocycles. The molecule has 176 valence electrons. The molecule has 1 atom stereocenters. The molecule has 9 nitrogen and oxygen atoms in total. The highest BCUT2D eigenvalue weighted by Crippen LogP contribution is 2.25. The number of H-pyrrole nitrogens is 1. The third kappa shape index (κ3) is 4.59. The van der Waals surface area contributed by atoms with Gasteiger partial charge in [0.15, 0.2) is 0 Å². The Balaban J connectivity index is 1.47. The number of carbonyl (C=O) groups is 2. The number of carboxylic acids is 1. The fourth-order valence-corrected chi connectivity index (χ4v) is 4.04. The maximum atomic E-state index is 12.5. The Bertz CT molecular complexity index is 1450. The van der Waals surface area contributed by atoms with Gasteiger partial charge in [-0.05, 0) is 54.8 Å². The lowest BCUT2D eigenvalue weighted by Crippen LogP contribution is -2.49. The second-order valence-electron chi connectivity index (χ2n) is 8.04. The Morgan fingerprint density at radius 2 is 2.00 bits per heavy atom. The summed E-state index contributed by atoms with van der Waals surface area (Å²) in [4.78, 5) is 39.7. The molecule has 0 spiro atoms. The number of hydrogen-bond acceptors (Lipinski definition) is 7. The maximum absolute atomic E-state index is 12.5. The van der Waals surface area contributed by atoms with E-state index in [1.807, 2.05) is 0 Å². The van der Waals surface area contributed by atoms with E-state index in [1.54, 1.807) is 37.4 Å². The van der Waals surface area contributed by atoms with Crippen molar-refractivity contribution < 1.29 is 29.0 Å². The fraction of sp³-hybridized carbons (Fsp3) is 0.240. The molecule has 0 bridgehead atoms. The van der Waals surface area contributed by atoms with Crippen LogP contribution in [0, 0.1) is 6.92 Å². The lowest BCUT2D eigenvalue weighted by atomic mass is 10.0. The molecule has 0 aliphatic carbocycles. The molecule has 1 amide bonds. The number of benzene rings is 2. The van der Waals surface area contributed by atoms with Gasteiger partial charge >= 0.3 is 5.63 Å². The van der Waals surface area contributed by atoms with Gasteiger partial charge in [-0.3, -0.25) is 4.79 Å². The van der Waals surface area contributed by atoms with Crippen LogP contribution in [0.5, 0.6) is 11.5 Å². The lowest BCUT2D eigenvalue weighted by Gasteiger charge is -2.19. The van der Waals surface area contributed by atoms with Crippen molar-refractivity contribution in [1.29, 1.82) is 0 Å². The second kappa shape index (κ2) is 9.30. The number of methoxy groups -OCH3 is 1. The van der Waals surface area contributed by atoms with Crippen LogP contribution in [0.25, 0.3) is 21.9 Å². The third-order valence-electron chi connectivity index (χ3n) is 5.89. The third-order valence-corrected chi connectivity index (χ3v) is 5.89. The summed E-state index contributed by atoms with van der Waals surface area (Å²) in [5.41, 5.74) is 2.22. The van der Waals surface area contributed by atoms with Gasteiger partial charge in [0.1, 0.15) is 17.1 Å². The summed E-state index contributed by atoms with van der Waals surface area (Å²) < 4.78 is 10.5. The highest BCUT2D eigenvalue weighted by atomic mass is 16.5. The number of carboxylic acid groups (broad SMARTS) is 1. The highest BCUT2D eigenvalue weighted by Gasteiger charge is 2.18. The molecule has 2 aromatic carbocycles. The Morgan fingerprint density at radius 1 is 1.21 bits per heavy atom. The van der Waals surface area contributed by atoms with Gasteiger partial charge in [-0.25, -0.2) is 4.79 Å². The van der Waals surface area contributed by atoms with Crippen molar-refractivity contribution in [2.24, 2.45) is 0 Å². The summed E-state index contributed by atoms with van der Waals surface area (Å²) in [6, 6.07) is 8.58. The van der Waals surface area contributed by atoms with E-state index < -0.39 is 23.5 Å². The predicted octanol–water partition coefficient (Wildman–Crippen LogP) is 1.71. The van der Waals surface area contributed by atoms with E-state index in [0.717, 1.165) is 10.9 Å². The van der Waals surface area contributed by atoms with Crippen LogP contribution in [0.3, 0.4) is 0 Å². The summed E-state index contributed by atoms with van der Waals surface area (Å²) in [7, 11) is 1.52. The SMILES string of the molecule is COc1ccc2c(C)c(CCC(=O)N[C@@H](Cc3c[nH]c4ccc(O)cc34)C(=O)[O-])c(=O)oc2c1. The van der Waals surface area contributed by atoms with Gasteiger partial charge in [-0.2, -0.15) is 0 Å². The number of phenols is 1. The number of aromatic hydroxyl groups is 1. The molecule has 4 aromatic rings. The van der Waals surface area contributed by atoms with E-state index in [2.05, 4.69) is 10.3 Å². The molecule has 9 heteroatoms. The number of amides is 1. The Hall–Kier alpha value is -4.27. The van der Waals surface area contributed by atoms with Crippen molar-refractivity contribution >= 4 is 33.7 Å². The largest absolute Gasteiger partial charge is 0.548 e. The number of aliphatic carboxylic acids is 1. The molecule has 0 saturated carbocycles. The number of carbonyl (C=O) groups excluding carboxylic acids is 2. The van der Waals surface area contributed by atoms with Crippen molar-refractivity contribution in [3.63, 3.8) is 0 Å². The number of fused-ring (bicyclic) bond motifs is 2. The molecule has 34 heavy (non-hydrogen) atoms. The number of aryl methyl sites for hydroxylation is 1. The molecular weight excluding hydrogens is 440 g/mol. The lowest BCUT2D eigenvalue weighted by molar-refractivity contribution is -0.308. The van der Waals surface area contributed by atoms with E-state index in [9.17, 15) is 24.6 Å². The van der Waals surface area contributed by atoms with Crippen LogP contribution in [0.4, 0.5) is 0 Å². The van der Waals surface area contributed by atoms with Crippen LogP contribution in [-0.4, -0.2) is 35.1 Å². The van der Waals surface area contributed by atoms with Crippen molar-refractivity contribution in [3.8, 4) is 11.5 Å². The minimum atomic E-state index is -1.43. The summed E-state index contributed by atoms with van der Waals surface area (Å²) in [6.45, 7) is 1.77. The minimum absolute atomic E-state index is 0.0312. The molecule has 3 N–H and O–H groups in total. The monoisotopic (exact) mass is 463 g/mol. The standard InChI is InChI=1S/C25H24N2O7/c1-13-17-5-4-16(33-2)11-22(17)34-25(32)18(13)6-8-23(29)27-21(24(30)31)9-14-12-26-20-7-3-15(28)10-19(14)20/h3-5,7,10-12,21,26,28H,6,8-9H2,1-2H3,(H,27,29)(H,30,31)/p-1/t21-/m0/s1. The molecule has 2 heterocycles. The normalized spacial score (nSPS) is 12.1. The van der Waals surface area contributed by atoms with E-state index in [-0.39, 0.29) is 25.0 Å². The fourth-order valence-electron chi connectivity index (χ4n) is 4.04. The molecule has 0 aliphatic heterocycles. The highest BCUT2D eigenvalue weighted by molar-refractivity contribution is 5.87. The molecule has 0 fully saturated rings. The zero-order chi connectivity index (χ0) is 24.4. The molecule has 0 aliphatic rings. The van der Waals surface area contributed by atoms with Crippen LogP contribution in [-0.2, 0) is 22.4 Å². The van der Waals surface area contributed by atoms with Crippen LogP contribution < -0.4 is 20.8 Å². The number of aromatic nitrogens is 1. The first-order valence-electron chi connectivity index (χ1n) is 10.7. The van der Waals surface area contributed by atoms with Crippen LogP contribution >= 0.6 is 0 Å². The van der Waals surface area contributed by atoms with Crippen LogP contribution in [0.15, 0.2) is 51.8 Å². The molecule has 4 rings (SSSR count). The average molecular weight is 463 g/mol. The summed E-state index contributed by atoms with van der Waals surface area (Å²) in [5.74, 6) is -1.37. The number of phenolic OH excluding ortho intramolecular Hbond substituents is 1. The summed E-state index contributed by atoms with van der Waals surface area (Å²) >= 11 is 0. The molecule has 0 radical (unpaired) electrons. The first-order chi connectivity index (χ1) is 16.3. The number of ether oxygens (including phenoxy) is 1. The predicted molar refractivity (Wildman–Crippen MR) is 123 cm³/mol. The van der Waals surface area contributed by atoms with E-state index >= 15 is 0 Å². The smallest absolute Gasteiger partial charge is 0.339 e. The van der Waals surface area contributed by atoms with Crippen molar-refractivity contribution in [2.75, 3.05) is 7.11 Å². The average Bonchev–Trinajstić information content (AvgIpc) is 3.19. The quantitative estimate of drug-likeness (QED) is 0.337. The number of rotatable bonds is 8. The van der Waals surface area contributed by atoms with Gasteiger partial charge in [0.25, 0.3) is 0 Å². The van der Waals surface area contributed by atoms with Gasteiger partial charge in [-0.1, -0.05) is 0 Å².